The SMILES string of the molecule is COc1ccc(OCC2(COCc3ccccc3)CC(C(O)c3cccc(OC)c3)C(=O)O2)cc1. The van der Waals surface area contributed by atoms with Crippen LogP contribution in [0.15, 0.2) is 78.9 Å². The van der Waals surface area contributed by atoms with Crippen molar-refractivity contribution in [3.8, 4) is 17.2 Å². The number of benzene rings is 3. The first kappa shape index (κ1) is 24.6. The van der Waals surface area contributed by atoms with E-state index in [1.807, 2.05) is 30.3 Å². The topological polar surface area (TPSA) is 83.5 Å². The molecule has 3 unspecified atom stereocenters. The molecule has 184 valence electrons. The number of methoxy groups -OCH3 is 2. The third kappa shape index (κ3) is 6.12. The second-order valence-corrected chi connectivity index (χ2v) is 8.58. The van der Waals surface area contributed by atoms with Crippen molar-refractivity contribution in [3.05, 3.63) is 90.0 Å². The van der Waals surface area contributed by atoms with Crippen molar-refractivity contribution in [1.29, 1.82) is 0 Å². The lowest BCUT2D eigenvalue weighted by atomic mass is 9.88. The van der Waals surface area contributed by atoms with E-state index in [9.17, 15) is 9.90 Å². The van der Waals surface area contributed by atoms with E-state index in [0.29, 0.717) is 29.4 Å². The van der Waals surface area contributed by atoms with Crippen molar-refractivity contribution in [3.63, 3.8) is 0 Å². The number of cyclic esters (lactones) is 1. The Hall–Kier alpha value is -3.55. The van der Waals surface area contributed by atoms with Crippen LogP contribution in [0.2, 0.25) is 0 Å². The largest absolute Gasteiger partial charge is 0.497 e. The fourth-order valence-electron chi connectivity index (χ4n) is 4.15. The number of aliphatic hydroxyl groups is 1. The maximum atomic E-state index is 12.9. The highest BCUT2D eigenvalue weighted by atomic mass is 16.6. The summed E-state index contributed by atoms with van der Waals surface area (Å²) < 4.78 is 28.3. The zero-order valence-corrected chi connectivity index (χ0v) is 19.9. The maximum absolute atomic E-state index is 12.9. The van der Waals surface area contributed by atoms with E-state index in [0.717, 1.165) is 5.56 Å². The van der Waals surface area contributed by atoms with E-state index in [-0.39, 0.29) is 19.6 Å². The first-order valence-corrected chi connectivity index (χ1v) is 11.5. The molecule has 0 bridgehead atoms. The number of carbonyl (C=O) groups is 1. The molecule has 0 radical (unpaired) electrons. The molecule has 0 saturated carbocycles. The monoisotopic (exact) mass is 478 g/mol. The van der Waals surface area contributed by atoms with Crippen molar-refractivity contribution in [2.45, 2.75) is 24.7 Å². The number of esters is 1. The van der Waals surface area contributed by atoms with Gasteiger partial charge in [0.05, 0.1) is 39.5 Å². The Bertz CT molecular complexity index is 1100. The summed E-state index contributed by atoms with van der Waals surface area (Å²) in [5.74, 6) is 0.685. The number of ether oxygens (including phenoxy) is 5. The van der Waals surface area contributed by atoms with Crippen LogP contribution in [0.3, 0.4) is 0 Å². The summed E-state index contributed by atoms with van der Waals surface area (Å²) in [6.07, 6.45) is -0.801. The van der Waals surface area contributed by atoms with Gasteiger partial charge < -0.3 is 28.8 Å². The van der Waals surface area contributed by atoms with Gasteiger partial charge in [-0.05, 0) is 47.5 Å². The van der Waals surface area contributed by atoms with E-state index in [2.05, 4.69) is 0 Å². The van der Waals surface area contributed by atoms with Gasteiger partial charge in [-0.15, -0.1) is 0 Å². The molecular formula is C28H30O7. The minimum absolute atomic E-state index is 0.0845. The molecule has 0 aliphatic carbocycles. The summed E-state index contributed by atoms with van der Waals surface area (Å²) in [4.78, 5) is 12.9. The van der Waals surface area contributed by atoms with Crippen LogP contribution in [-0.2, 0) is 20.9 Å². The van der Waals surface area contributed by atoms with Gasteiger partial charge in [-0.1, -0.05) is 42.5 Å². The summed E-state index contributed by atoms with van der Waals surface area (Å²) >= 11 is 0. The Morgan fingerprint density at radius 1 is 0.914 bits per heavy atom. The van der Waals surface area contributed by atoms with Crippen LogP contribution in [0, 0.1) is 5.92 Å². The van der Waals surface area contributed by atoms with E-state index >= 15 is 0 Å². The van der Waals surface area contributed by atoms with Crippen LogP contribution in [0.4, 0.5) is 0 Å². The number of hydrogen-bond donors (Lipinski definition) is 1. The normalized spacial score (nSPS) is 20.2. The molecule has 1 fully saturated rings. The first-order chi connectivity index (χ1) is 17.0. The van der Waals surface area contributed by atoms with Gasteiger partial charge in [-0.25, -0.2) is 0 Å². The van der Waals surface area contributed by atoms with Crippen molar-refractivity contribution in [2.24, 2.45) is 5.92 Å². The molecule has 0 amide bonds. The van der Waals surface area contributed by atoms with E-state index in [4.69, 9.17) is 23.7 Å². The highest BCUT2D eigenvalue weighted by Crippen LogP contribution is 2.40. The van der Waals surface area contributed by atoms with Crippen LogP contribution in [0.5, 0.6) is 17.2 Å². The van der Waals surface area contributed by atoms with Gasteiger partial charge in [0.25, 0.3) is 0 Å². The van der Waals surface area contributed by atoms with Crippen LogP contribution in [0.1, 0.15) is 23.7 Å². The number of aliphatic hydroxyl groups excluding tert-OH is 1. The van der Waals surface area contributed by atoms with Gasteiger partial charge in [-0.2, -0.15) is 0 Å². The second kappa shape index (κ2) is 11.3. The van der Waals surface area contributed by atoms with Crippen LogP contribution >= 0.6 is 0 Å². The summed E-state index contributed by atoms with van der Waals surface area (Å²) in [7, 11) is 3.15. The van der Waals surface area contributed by atoms with Crippen LogP contribution in [-0.4, -0.2) is 44.1 Å². The van der Waals surface area contributed by atoms with Gasteiger partial charge in [0.2, 0.25) is 0 Å². The Morgan fingerprint density at radius 2 is 1.63 bits per heavy atom. The fourth-order valence-corrected chi connectivity index (χ4v) is 4.15. The molecule has 1 aliphatic heterocycles. The third-order valence-corrected chi connectivity index (χ3v) is 6.07. The standard InChI is InChI=1S/C28H30O7/c1-31-22-11-13-23(14-12-22)34-19-28(18-33-17-20-7-4-3-5-8-20)16-25(27(30)35-28)26(29)21-9-6-10-24(15-21)32-2/h3-15,25-26,29H,16-19H2,1-2H3. The average Bonchev–Trinajstić information content (AvgIpc) is 3.24. The van der Waals surface area contributed by atoms with Gasteiger partial charge in [0.1, 0.15) is 23.9 Å². The van der Waals surface area contributed by atoms with Crippen molar-refractivity contribution >= 4 is 5.97 Å². The minimum Gasteiger partial charge on any atom is -0.497 e. The summed E-state index contributed by atoms with van der Waals surface area (Å²) in [5.41, 5.74) is 0.551. The van der Waals surface area contributed by atoms with Crippen molar-refractivity contribution in [2.75, 3.05) is 27.4 Å². The molecule has 0 spiro atoms. The molecule has 1 aliphatic rings. The molecule has 4 rings (SSSR count). The number of rotatable bonds is 11. The van der Waals surface area contributed by atoms with Gasteiger partial charge in [-0.3, -0.25) is 4.79 Å². The average molecular weight is 479 g/mol. The quantitative estimate of drug-likeness (QED) is 0.411. The van der Waals surface area contributed by atoms with Crippen LogP contribution < -0.4 is 14.2 Å². The van der Waals surface area contributed by atoms with Gasteiger partial charge >= 0.3 is 5.97 Å². The molecule has 3 aromatic rings. The third-order valence-electron chi connectivity index (χ3n) is 6.07. The summed E-state index contributed by atoms with van der Waals surface area (Å²) in [5, 5.41) is 11.0. The van der Waals surface area contributed by atoms with Gasteiger partial charge in [0, 0.05) is 6.42 Å². The predicted molar refractivity (Wildman–Crippen MR) is 129 cm³/mol. The smallest absolute Gasteiger partial charge is 0.312 e. The molecule has 7 nitrogen and oxygen atoms in total. The molecule has 1 heterocycles. The molecule has 7 heteroatoms. The molecule has 35 heavy (non-hydrogen) atoms. The Labute approximate surface area is 205 Å². The van der Waals surface area contributed by atoms with E-state index in [1.165, 1.54) is 0 Å². The lowest BCUT2D eigenvalue weighted by Gasteiger charge is -2.28. The zero-order valence-electron chi connectivity index (χ0n) is 19.9. The second-order valence-electron chi connectivity index (χ2n) is 8.58. The predicted octanol–water partition coefficient (Wildman–Crippen LogP) is 4.33. The fraction of sp³-hybridized carbons (Fsp3) is 0.321. The Balaban J connectivity index is 1.49. The molecule has 1 saturated heterocycles. The summed E-state index contributed by atoms with van der Waals surface area (Å²) in [6.45, 7) is 0.581. The molecular weight excluding hydrogens is 448 g/mol. The van der Waals surface area contributed by atoms with E-state index < -0.39 is 23.6 Å². The Morgan fingerprint density at radius 3 is 2.34 bits per heavy atom. The minimum atomic E-state index is -1.05. The highest BCUT2D eigenvalue weighted by molar-refractivity contribution is 5.76. The lowest BCUT2D eigenvalue weighted by Crippen LogP contribution is -2.41. The number of carbonyl (C=O) groups excluding carboxylic acids is 1. The van der Waals surface area contributed by atoms with E-state index in [1.54, 1.807) is 62.8 Å². The molecule has 0 aromatic heterocycles. The zero-order chi connectivity index (χ0) is 24.7. The molecule has 3 aromatic carbocycles. The van der Waals surface area contributed by atoms with Gasteiger partial charge in [0.15, 0.2) is 5.60 Å². The maximum Gasteiger partial charge on any atom is 0.312 e. The number of hydrogen-bond acceptors (Lipinski definition) is 7. The van der Waals surface area contributed by atoms with Crippen LogP contribution in [0.25, 0.3) is 0 Å². The summed E-state index contributed by atoms with van der Waals surface area (Å²) in [6, 6.07) is 24.0. The lowest BCUT2D eigenvalue weighted by molar-refractivity contribution is -0.160. The Kier molecular flexibility index (Phi) is 7.90. The molecule has 1 N–H and O–H groups in total. The highest BCUT2D eigenvalue weighted by Gasteiger charge is 2.50. The van der Waals surface area contributed by atoms with Crippen molar-refractivity contribution < 1.29 is 33.6 Å². The molecule has 3 atom stereocenters. The first-order valence-electron chi connectivity index (χ1n) is 11.5. The van der Waals surface area contributed by atoms with Crippen molar-refractivity contribution in [1.82, 2.24) is 0 Å².